The van der Waals surface area contributed by atoms with Crippen molar-refractivity contribution in [2.75, 3.05) is 27.3 Å². The van der Waals surface area contributed by atoms with E-state index < -0.39 is 0 Å². The smallest absolute Gasteiger partial charge is 0.0510 e. The summed E-state index contributed by atoms with van der Waals surface area (Å²) in [5.41, 5.74) is 3.01. The largest absolute Gasteiger partial charge is 0.381 e. The van der Waals surface area contributed by atoms with Crippen LogP contribution in [0.4, 0.5) is 0 Å². The fraction of sp³-hybridized carbons (Fsp3) is 1.00. The molecule has 1 saturated heterocycles. The maximum atomic E-state index is 5.70. The summed E-state index contributed by atoms with van der Waals surface area (Å²) in [5.74, 6) is 6.21. The molecule has 1 rings (SSSR count). The second-order valence-electron chi connectivity index (χ2n) is 5.17. The Morgan fingerprint density at radius 2 is 2.13 bits per heavy atom. The van der Waals surface area contributed by atoms with E-state index in [1.807, 2.05) is 0 Å². The third kappa shape index (κ3) is 2.91. The maximum Gasteiger partial charge on any atom is 0.0510 e. The average molecular weight is 215 g/mol. The number of rotatable bonds is 4. The molecule has 0 aromatic heterocycles. The molecule has 1 aliphatic rings. The molecule has 0 aromatic rings. The SMILES string of the molecule is CN(C)C(C)(C)C(NN)C1CCCOC1. The van der Waals surface area contributed by atoms with Crippen molar-refractivity contribution in [1.29, 1.82) is 0 Å². The van der Waals surface area contributed by atoms with Gasteiger partial charge in [-0.3, -0.25) is 11.3 Å². The molecule has 2 unspecified atom stereocenters. The molecule has 15 heavy (non-hydrogen) atoms. The van der Waals surface area contributed by atoms with Crippen LogP contribution in [0.1, 0.15) is 26.7 Å². The predicted molar refractivity (Wildman–Crippen MR) is 62.4 cm³/mol. The molecule has 0 saturated carbocycles. The van der Waals surface area contributed by atoms with Gasteiger partial charge < -0.3 is 9.64 Å². The van der Waals surface area contributed by atoms with Crippen molar-refractivity contribution in [3.05, 3.63) is 0 Å². The molecule has 0 aromatic carbocycles. The van der Waals surface area contributed by atoms with Crippen LogP contribution in [0.5, 0.6) is 0 Å². The number of likely N-dealkylation sites (N-methyl/N-ethyl adjacent to an activating group) is 1. The second-order valence-corrected chi connectivity index (χ2v) is 5.17. The van der Waals surface area contributed by atoms with E-state index >= 15 is 0 Å². The topological polar surface area (TPSA) is 50.5 Å². The Labute approximate surface area is 93.1 Å². The van der Waals surface area contributed by atoms with E-state index in [0.29, 0.717) is 5.92 Å². The lowest BCUT2D eigenvalue weighted by molar-refractivity contribution is 0.00459. The van der Waals surface area contributed by atoms with E-state index in [-0.39, 0.29) is 11.6 Å². The highest BCUT2D eigenvalue weighted by atomic mass is 16.5. The van der Waals surface area contributed by atoms with E-state index in [0.717, 1.165) is 19.6 Å². The van der Waals surface area contributed by atoms with Crippen LogP contribution in [0.15, 0.2) is 0 Å². The molecule has 0 spiro atoms. The van der Waals surface area contributed by atoms with Gasteiger partial charge in [0.15, 0.2) is 0 Å². The molecule has 0 radical (unpaired) electrons. The van der Waals surface area contributed by atoms with Crippen LogP contribution in [0, 0.1) is 5.92 Å². The molecule has 1 aliphatic heterocycles. The predicted octanol–water partition coefficient (Wildman–Crippen LogP) is 0.585. The quantitative estimate of drug-likeness (QED) is 0.532. The zero-order valence-electron chi connectivity index (χ0n) is 10.4. The van der Waals surface area contributed by atoms with Gasteiger partial charge in [-0.25, -0.2) is 0 Å². The summed E-state index contributed by atoms with van der Waals surface area (Å²) >= 11 is 0. The van der Waals surface area contributed by atoms with Crippen LogP contribution < -0.4 is 11.3 Å². The number of nitrogens with two attached hydrogens (primary N) is 1. The van der Waals surface area contributed by atoms with E-state index in [2.05, 4.69) is 38.3 Å². The Morgan fingerprint density at radius 1 is 1.47 bits per heavy atom. The molecule has 90 valence electrons. The zero-order valence-corrected chi connectivity index (χ0v) is 10.4. The molecular weight excluding hydrogens is 190 g/mol. The molecular formula is C11H25N3O. The van der Waals surface area contributed by atoms with Crippen molar-refractivity contribution in [3.63, 3.8) is 0 Å². The first-order chi connectivity index (χ1) is 7.00. The lowest BCUT2D eigenvalue weighted by Crippen LogP contribution is -2.61. The molecule has 0 amide bonds. The average Bonchev–Trinajstić information content (AvgIpc) is 2.19. The standard InChI is InChI=1S/C11H25N3O/c1-11(2,14(3)4)10(13-12)9-6-5-7-15-8-9/h9-10,13H,5-8,12H2,1-4H3. The van der Waals surface area contributed by atoms with E-state index in [1.165, 1.54) is 6.42 Å². The molecule has 2 atom stereocenters. The summed E-state index contributed by atoms with van der Waals surface area (Å²) in [6.07, 6.45) is 2.35. The van der Waals surface area contributed by atoms with Crippen LogP contribution in [-0.2, 0) is 4.74 Å². The van der Waals surface area contributed by atoms with Crippen LogP contribution in [0.2, 0.25) is 0 Å². The summed E-state index contributed by atoms with van der Waals surface area (Å²) in [5, 5.41) is 0. The normalized spacial score (nSPS) is 25.6. The minimum atomic E-state index is 0.0418. The van der Waals surface area contributed by atoms with Crippen LogP contribution in [0.3, 0.4) is 0 Å². The Morgan fingerprint density at radius 3 is 2.53 bits per heavy atom. The lowest BCUT2D eigenvalue weighted by Gasteiger charge is -2.44. The summed E-state index contributed by atoms with van der Waals surface area (Å²) in [4.78, 5) is 2.21. The van der Waals surface area contributed by atoms with Gasteiger partial charge in [0.2, 0.25) is 0 Å². The highest BCUT2D eigenvalue weighted by Crippen LogP contribution is 2.27. The van der Waals surface area contributed by atoms with Crippen molar-refractivity contribution in [3.8, 4) is 0 Å². The summed E-state index contributed by atoms with van der Waals surface area (Å²) in [6.45, 7) is 6.15. The number of nitrogens with zero attached hydrogens (tertiary/aromatic N) is 1. The van der Waals surface area contributed by atoms with Gasteiger partial charge in [0, 0.05) is 24.1 Å². The Bertz CT molecular complexity index is 188. The molecule has 1 heterocycles. The molecule has 0 aliphatic carbocycles. The molecule has 0 bridgehead atoms. The second kappa shape index (κ2) is 5.25. The summed E-state index contributed by atoms with van der Waals surface area (Å²) in [7, 11) is 4.18. The van der Waals surface area contributed by atoms with Crippen LogP contribution >= 0.6 is 0 Å². The van der Waals surface area contributed by atoms with Crippen molar-refractivity contribution >= 4 is 0 Å². The summed E-state index contributed by atoms with van der Waals surface area (Å²) in [6, 6.07) is 0.271. The zero-order chi connectivity index (χ0) is 11.5. The maximum absolute atomic E-state index is 5.70. The Balaban J connectivity index is 2.68. The monoisotopic (exact) mass is 215 g/mol. The fourth-order valence-electron chi connectivity index (χ4n) is 2.22. The van der Waals surface area contributed by atoms with Gasteiger partial charge in [-0.05, 0) is 40.8 Å². The molecule has 4 nitrogen and oxygen atoms in total. The molecule has 4 heteroatoms. The van der Waals surface area contributed by atoms with Crippen molar-refractivity contribution in [2.24, 2.45) is 11.8 Å². The van der Waals surface area contributed by atoms with Gasteiger partial charge in [-0.2, -0.15) is 0 Å². The number of ether oxygens (including phenoxy) is 1. The fourth-order valence-corrected chi connectivity index (χ4v) is 2.22. The summed E-state index contributed by atoms with van der Waals surface area (Å²) < 4.78 is 5.53. The van der Waals surface area contributed by atoms with Gasteiger partial charge in [-0.15, -0.1) is 0 Å². The first kappa shape index (κ1) is 12.9. The highest BCUT2D eigenvalue weighted by molar-refractivity contribution is 4.94. The Kier molecular flexibility index (Phi) is 4.52. The van der Waals surface area contributed by atoms with Crippen LogP contribution in [-0.4, -0.2) is 43.8 Å². The van der Waals surface area contributed by atoms with E-state index in [4.69, 9.17) is 10.6 Å². The van der Waals surface area contributed by atoms with Crippen molar-refractivity contribution < 1.29 is 4.74 Å². The van der Waals surface area contributed by atoms with E-state index in [9.17, 15) is 0 Å². The van der Waals surface area contributed by atoms with Gasteiger partial charge >= 0.3 is 0 Å². The third-order valence-electron chi connectivity index (χ3n) is 3.76. The van der Waals surface area contributed by atoms with Gasteiger partial charge in [-0.1, -0.05) is 0 Å². The van der Waals surface area contributed by atoms with Gasteiger partial charge in [0.25, 0.3) is 0 Å². The van der Waals surface area contributed by atoms with E-state index in [1.54, 1.807) is 0 Å². The van der Waals surface area contributed by atoms with Gasteiger partial charge in [0.1, 0.15) is 0 Å². The number of hydrogen-bond donors (Lipinski definition) is 2. The minimum Gasteiger partial charge on any atom is -0.381 e. The molecule has 1 fully saturated rings. The number of hydrogen-bond acceptors (Lipinski definition) is 4. The highest BCUT2D eigenvalue weighted by Gasteiger charge is 2.37. The van der Waals surface area contributed by atoms with Gasteiger partial charge in [0.05, 0.1) is 6.61 Å². The number of hydrazine groups is 1. The van der Waals surface area contributed by atoms with Crippen LogP contribution in [0.25, 0.3) is 0 Å². The molecule has 3 N–H and O–H groups in total. The number of nitrogens with one attached hydrogen (secondary N) is 1. The third-order valence-corrected chi connectivity index (χ3v) is 3.76. The minimum absolute atomic E-state index is 0.0418. The lowest BCUT2D eigenvalue weighted by atomic mass is 9.81. The first-order valence-electron chi connectivity index (χ1n) is 5.71. The Hall–Kier alpha value is -0.160. The van der Waals surface area contributed by atoms with Crippen molar-refractivity contribution in [2.45, 2.75) is 38.3 Å². The van der Waals surface area contributed by atoms with Crippen molar-refractivity contribution in [1.82, 2.24) is 10.3 Å². The first-order valence-corrected chi connectivity index (χ1v) is 5.71.